The maximum atomic E-state index is 5.28. The van der Waals surface area contributed by atoms with Crippen LogP contribution in [0.4, 0.5) is 0 Å². The molecule has 0 aromatic carbocycles. The SMILES string of the molecule is Cc1nnc(CNCC(C)(C)CN(C)C)o1. The van der Waals surface area contributed by atoms with E-state index in [1.807, 2.05) is 0 Å². The highest BCUT2D eigenvalue weighted by atomic mass is 16.4. The highest BCUT2D eigenvalue weighted by Gasteiger charge is 2.18. The Kier molecular flexibility index (Phi) is 4.44. The Morgan fingerprint density at radius 2 is 2.00 bits per heavy atom. The Morgan fingerprint density at radius 3 is 2.50 bits per heavy atom. The van der Waals surface area contributed by atoms with Gasteiger partial charge in [0.05, 0.1) is 6.54 Å². The predicted octanol–water partition coefficient (Wildman–Crippen LogP) is 1.06. The summed E-state index contributed by atoms with van der Waals surface area (Å²) in [5.41, 5.74) is 0.235. The number of hydrogen-bond acceptors (Lipinski definition) is 5. The molecule has 0 fully saturated rings. The molecule has 0 radical (unpaired) electrons. The summed E-state index contributed by atoms with van der Waals surface area (Å²) in [6, 6.07) is 0. The molecule has 1 aromatic heterocycles. The number of rotatable bonds is 6. The lowest BCUT2D eigenvalue weighted by molar-refractivity contribution is 0.230. The van der Waals surface area contributed by atoms with Crippen molar-refractivity contribution in [1.82, 2.24) is 20.4 Å². The van der Waals surface area contributed by atoms with E-state index in [1.165, 1.54) is 0 Å². The Balaban J connectivity index is 2.29. The molecule has 5 nitrogen and oxygen atoms in total. The van der Waals surface area contributed by atoms with E-state index >= 15 is 0 Å². The summed E-state index contributed by atoms with van der Waals surface area (Å²) >= 11 is 0. The van der Waals surface area contributed by atoms with Gasteiger partial charge in [0.2, 0.25) is 11.8 Å². The zero-order valence-electron chi connectivity index (χ0n) is 10.9. The summed E-state index contributed by atoms with van der Waals surface area (Å²) < 4.78 is 5.28. The van der Waals surface area contributed by atoms with Crippen molar-refractivity contribution in [3.63, 3.8) is 0 Å². The van der Waals surface area contributed by atoms with E-state index in [9.17, 15) is 0 Å². The molecule has 1 rings (SSSR count). The van der Waals surface area contributed by atoms with Crippen LogP contribution < -0.4 is 5.32 Å². The summed E-state index contributed by atoms with van der Waals surface area (Å²) in [7, 11) is 4.17. The lowest BCUT2D eigenvalue weighted by Gasteiger charge is -2.28. The molecule has 1 aromatic rings. The van der Waals surface area contributed by atoms with Gasteiger partial charge in [-0.15, -0.1) is 10.2 Å². The van der Waals surface area contributed by atoms with E-state index in [2.05, 4.69) is 48.4 Å². The van der Waals surface area contributed by atoms with Gasteiger partial charge in [-0.3, -0.25) is 0 Å². The summed E-state index contributed by atoms with van der Waals surface area (Å²) in [5, 5.41) is 11.1. The van der Waals surface area contributed by atoms with E-state index in [4.69, 9.17) is 4.42 Å². The van der Waals surface area contributed by atoms with E-state index in [1.54, 1.807) is 6.92 Å². The summed E-state index contributed by atoms with van der Waals surface area (Å²) in [4.78, 5) is 2.19. The van der Waals surface area contributed by atoms with Crippen LogP contribution in [0.3, 0.4) is 0 Å². The minimum absolute atomic E-state index is 0.235. The summed E-state index contributed by atoms with van der Waals surface area (Å²) in [5.74, 6) is 1.27. The molecule has 0 aliphatic carbocycles. The van der Waals surface area contributed by atoms with Crippen LogP contribution in [0.15, 0.2) is 4.42 Å². The Labute approximate surface area is 97.2 Å². The second-order valence-electron chi connectivity index (χ2n) is 5.22. The molecule has 0 spiro atoms. The third-order valence-corrected chi connectivity index (χ3v) is 2.19. The number of hydrogen-bond donors (Lipinski definition) is 1. The number of aryl methyl sites for hydroxylation is 1. The third-order valence-electron chi connectivity index (χ3n) is 2.19. The van der Waals surface area contributed by atoms with Gasteiger partial charge >= 0.3 is 0 Å². The van der Waals surface area contributed by atoms with Crippen molar-refractivity contribution in [3.05, 3.63) is 11.8 Å². The topological polar surface area (TPSA) is 54.2 Å². The van der Waals surface area contributed by atoms with Crippen molar-refractivity contribution in [2.24, 2.45) is 5.41 Å². The molecule has 0 bridgehead atoms. The summed E-state index contributed by atoms with van der Waals surface area (Å²) in [6.07, 6.45) is 0. The van der Waals surface area contributed by atoms with Gasteiger partial charge in [-0.05, 0) is 19.5 Å². The molecule has 1 N–H and O–H groups in total. The second-order valence-corrected chi connectivity index (χ2v) is 5.22. The van der Waals surface area contributed by atoms with Gasteiger partial charge in [0.25, 0.3) is 0 Å². The van der Waals surface area contributed by atoms with Crippen LogP contribution in [0.1, 0.15) is 25.6 Å². The third kappa shape index (κ3) is 4.72. The minimum atomic E-state index is 0.235. The predicted molar refractivity (Wildman–Crippen MR) is 63.1 cm³/mol. The molecule has 0 amide bonds. The highest BCUT2D eigenvalue weighted by Crippen LogP contribution is 2.14. The minimum Gasteiger partial charge on any atom is -0.424 e. The molecule has 5 heteroatoms. The van der Waals surface area contributed by atoms with Gasteiger partial charge in [-0.1, -0.05) is 13.8 Å². The van der Waals surface area contributed by atoms with Gasteiger partial charge in [0.1, 0.15) is 0 Å². The zero-order chi connectivity index (χ0) is 12.2. The average Bonchev–Trinajstić information content (AvgIpc) is 2.48. The van der Waals surface area contributed by atoms with E-state index in [0.29, 0.717) is 18.3 Å². The lowest BCUT2D eigenvalue weighted by atomic mass is 9.93. The molecule has 0 aliphatic heterocycles. The average molecular weight is 226 g/mol. The molecular formula is C11H22N4O. The van der Waals surface area contributed by atoms with Crippen molar-refractivity contribution in [3.8, 4) is 0 Å². The van der Waals surface area contributed by atoms with Gasteiger partial charge in [-0.2, -0.15) is 0 Å². The number of nitrogens with one attached hydrogen (secondary N) is 1. The summed E-state index contributed by atoms with van der Waals surface area (Å²) in [6.45, 7) is 8.87. The molecule has 0 saturated carbocycles. The molecule has 92 valence electrons. The smallest absolute Gasteiger partial charge is 0.230 e. The van der Waals surface area contributed by atoms with Crippen LogP contribution in [-0.2, 0) is 6.54 Å². The molecule has 0 aliphatic rings. The van der Waals surface area contributed by atoms with Crippen molar-refractivity contribution in [1.29, 1.82) is 0 Å². The lowest BCUT2D eigenvalue weighted by Crippen LogP contribution is -2.37. The maximum absolute atomic E-state index is 5.28. The van der Waals surface area contributed by atoms with Crippen LogP contribution in [0, 0.1) is 12.3 Å². The van der Waals surface area contributed by atoms with Gasteiger partial charge in [-0.25, -0.2) is 0 Å². The number of nitrogens with zero attached hydrogens (tertiary/aromatic N) is 3. The van der Waals surface area contributed by atoms with Crippen molar-refractivity contribution in [2.75, 3.05) is 27.2 Å². The molecule has 0 unspecified atom stereocenters. The van der Waals surface area contributed by atoms with Crippen LogP contribution in [0.25, 0.3) is 0 Å². The fourth-order valence-corrected chi connectivity index (χ4v) is 1.83. The van der Waals surface area contributed by atoms with Crippen LogP contribution in [0.5, 0.6) is 0 Å². The van der Waals surface area contributed by atoms with Crippen LogP contribution in [0.2, 0.25) is 0 Å². The quantitative estimate of drug-likeness (QED) is 0.786. The van der Waals surface area contributed by atoms with E-state index < -0.39 is 0 Å². The Morgan fingerprint density at radius 1 is 1.31 bits per heavy atom. The van der Waals surface area contributed by atoms with Crippen LogP contribution >= 0.6 is 0 Å². The highest BCUT2D eigenvalue weighted by molar-refractivity contribution is 4.80. The zero-order valence-corrected chi connectivity index (χ0v) is 10.9. The fraction of sp³-hybridized carbons (Fsp3) is 0.818. The standard InChI is InChI=1S/C11H22N4O/c1-9-13-14-10(16-9)6-12-7-11(2,3)8-15(4)5/h12H,6-8H2,1-5H3. The van der Waals surface area contributed by atoms with Crippen molar-refractivity contribution >= 4 is 0 Å². The molecule has 1 heterocycles. The van der Waals surface area contributed by atoms with E-state index in [0.717, 1.165) is 13.1 Å². The van der Waals surface area contributed by atoms with Gasteiger partial charge < -0.3 is 14.6 Å². The van der Waals surface area contributed by atoms with Crippen molar-refractivity contribution < 1.29 is 4.42 Å². The normalized spacial score (nSPS) is 12.4. The first-order chi connectivity index (χ1) is 7.39. The second kappa shape index (κ2) is 5.41. The molecule has 16 heavy (non-hydrogen) atoms. The van der Waals surface area contributed by atoms with E-state index in [-0.39, 0.29) is 5.41 Å². The first-order valence-electron chi connectivity index (χ1n) is 5.53. The Bertz CT molecular complexity index is 320. The monoisotopic (exact) mass is 226 g/mol. The largest absolute Gasteiger partial charge is 0.424 e. The molecule has 0 atom stereocenters. The maximum Gasteiger partial charge on any atom is 0.230 e. The van der Waals surface area contributed by atoms with Gasteiger partial charge in [0, 0.05) is 20.0 Å². The van der Waals surface area contributed by atoms with Crippen LogP contribution in [-0.4, -0.2) is 42.3 Å². The molecule has 0 saturated heterocycles. The fourth-order valence-electron chi connectivity index (χ4n) is 1.83. The first-order valence-corrected chi connectivity index (χ1v) is 5.53. The molecular weight excluding hydrogens is 204 g/mol. The van der Waals surface area contributed by atoms with Gasteiger partial charge in [0.15, 0.2) is 0 Å². The van der Waals surface area contributed by atoms with Crippen molar-refractivity contribution in [2.45, 2.75) is 27.3 Å². The Hall–Kier alpha value is -0.940. The first kappa shape index (κ1) is 13.1. The number of aromatic nitrogens is 2.